The van der Waals surface area contributed by atoms with E-state index in [2.05, 4.69) is 4.98 Å². The van der Waals surface area contributed by atoms with E-state index < -0.39 is 11.9 Å². The highest BCUT2D eigenvalue weighted by atomic mass is 19.4. The Morgan fingerprint density at radius 1 is 1.14 bits per heavy atom. The molecule has 1 aromatic heterocycles. The zero-order valence-electron chi connectivity index (χ0n) is 11.2. The number of rotatable bonds is 5. The van der Waals surface area contributed by atoms with Crippen molar-refractivity contribution in [2.45, 2.75) is 19.0 Å². The molecule has 0 aliphatic rings. The second-order valence-electron chi connectivity index (χ2n) is 4.54. The fourth-order valence-corrected chi connectivity index (χ4v) is 1.83. The summed E-state index contributed by atoms with van der Waals surface area (Å²) in [6.07, 6.45) is -2.06. The number of halogens is 3. The molecule has 0 saturated carbocycles. The fraction of sp³-hybridized carbons (Fsp3) is 0.267. The van der Waals surface area contributed by atoms with Gasteiger partial charge in [-0.1, -0.05) is 30.3 Å². The molecule has 112 valence electrons. The molecule has 3 nitrogen and oxygen atoms in total. The zero-order valence-corrected chi connectivity index (χ0v) is 11.2. The van der Waals surface area contributed by atoms with Crippen LogP contribution in [0.25, 0.3) is 0 Å². The van der Waals surface area contributed by atoms with Crippen molar-refractivity contribution in [2.75, 3.05) is 12.3 Å². The van der Waals surface area contributed by atoms with Crippen molar-refractivity contribution in [3.63, 3.8) is 0 Å². The third-order valence-electron chi connectivity index (χ3n) is 2.90. The van der Waals surface area contributed by atoms with Gasteiger partial charge in [0.2, 0.25) is 0 Å². The molecule has 0 unspecified atom stereocenters. The summed E-state index contributed by atoms with van der Waals surface area (Å²) in [6, 6.07) is 10.6. The molecule has 0 radical (unpaired) electrons. The predicted molar refractivity (Wildman–Crippen MR) is 73.9 cm³/mol. The van der Waals surface area contributed by atoms with Crippen molar-refractivity contribution in [3.8, 4) is 5.75 Å². The molecular formula is C15H15F3N2O. The Hall–Kier alpha value is -2.24. The van der Waals surface area contributed by atoms with E-state index in [1.165, 1.54) is 0 Å². The Bertz CT molecular complexity index is 585. The Labute approximate surface area is 120 Å². The van der Waals surface area contributed by atoms with E-state index in [1.807, 2.05) is 30.3 Å². The van der Waals surface area contributed by atoms with Crippen LogP contribution in [-0.2, 0) is 12.6 Å². The van der Waals surface area contributed by atoms with Crippen LogP contribution in [0.3, 0.4) is 0 Å². The first kappa shape index (κ1) is 15.2. The van der Waals surface area contributed by atoms with Crippen LogP contribution >= 0.6 is 0 Å². The molecule has 0 spiro atoms. The Kier molecular flexibility index (Phi) is 4.67. The summed E-state index contributed by atoms with van der Waals surface area (Å²) in [5, 5.41) is 0. The number of ether oxygens (including phenoxy) is 1. The smallest absolute Gasteiger partial charge is 0.433 e. The molecule has 0 fully saturated rings. The van der Waals surface area contributed by atoms with Crippen LogP contribution < -0.4 is 10.5 Å². The van der Waals surface area contributed by atoms with Crippen LogP contribution in [0.2, 0.25) is 0 Å². The quantitative estimate of drug-likeness (QED) is 0.856. The summed E-state index contributed by atoms with van der Waals surface area (Å²) in [4.78, 5) is 3.26. The number of nitrogen functional groups attached to an aromatic ring is 1. The van der Waals surface area contributed by atoms with Crippen molar-refractivity contribution in [3.05, 3.63) is 53.9 Å². The average Bonchev–Trinajstić information content (AvgIpc) is 2.45. The second-order valence-corrected chi connectivity index (χ2v) is 4.54. The van der Waals surface area contributed by atoms with Gasteiger partial charge in [-0.2, -0.15) is 13.2 Å². The van der Waals surface area contributed by atoms with E-state index in [9.17, 15) is 13.2 Å². The first-order chi connectivity index (χ1) is 9.97. The lowest BCUT2D eigenvalue weighted by molar-refractivity contribution is -0.141. The number of benzene rings is 1. The van der Waals surface area contributed by atoms with Gasteiger partial charge in [0.1, 0.15) is 11.4 Å². The number of aryl methyl sites for hydroxylation is 1. The van der Waals surface area contributed by atoms with Crippen LogP contribution in [0, 0.1) is 0 Å². The molecule has 21 heavy (non-hydrogen) atoms. The van der Waals surface area contributed by atoms with E-state index in [-0.39, 0.29) is 11.4 Å². The lowest BCUT2D eigenvalue weighted by atomic mass is 10.1. The maximum atomic E-state index is 12.6. The molecule has 2 rings (SSSR count). The number of alkyl halides is 3. The van der Waals surface area contributed by atoms with Crippen LogP contribution in [0.15, 0.2) is 42.6 Å². The minimum atomic E-state index is -4.50. The molecule has 6 heteroatoms. The third kappa shape index (κ3) is 4.37. The zero-order chi connectivity index (χ0) is 15.3. The number of nitrogens with zero attached hydrogens (tertiary/aromatic N) is 1. The van der Waals surface area contributed by atoms with Gasteiger partial charge in [-0.05, 0) is 18.4 Å². The summed E-state index contributed by atoms with van der Waals surface area (Å²) in [7, 11) is 0. The number of aromatic nitrogens is 1. The van der Waals surface area contributed by atoms with Crippen LogP contribution in [-0.4, -0.2) is 11.6 Å². The standard InChI is InChI=1S/C15H15F3N2O/c16-15(17,18)14-9-13(12(19)10-20-14)21-8-4-7-11-5-2-1-3-6-11/h1-3,5-6,9-10H,4,7-8,19H2. The highest BCUT2D eigenvalue weighted by Crippen LogP contribution is 2.32. The van der Waals surface area contributed by atoms with Crippen LogP contribution in [0.4, 0.5) is 18.9 Å². The molecule has 0 atom stereocenters. The van der Waals surface area contributed by atoms with Gasteiger partial charge in [-0.15, -0.1) is 0 Å². The Morgan fingerprint density at radius 3 is 2.52 bits per heavy atom. The van der Waals surface area contributed by atoms with E-state index in [1.54, 1.807) is 0 Å². The monoisotopic (exact) mass is 296 g/mol. The number of pyridine rings is 1. The van der Waals surface area contributed by atoms with Crippen molar-refractivity contribution in [1.82, 2.24) is 4.98 Å². The largest absolute Gasteiger partial charge is 0.491 e. The topological polar surface area (TPSA) is 48.1 Å². The fourth-order valence-electron chi connectivity index (χ4n) is 1.83. The molecule has 0 aliphatic heterocycles. The maximum absolute atomic E-state index is 12.6. The first-order valence-electron chi connectivity index (χ1n) is 6.46. The lowest BCUT2D eigenvalue weighted by Gasteiger charge is -2.11. The molecule has 0 amide bonds. The number of hydrogen-bond acceptors (Lipinski definition) is 3. The Morgan fingerprint density at radius 2 is 1.86 bits per heavy atom. The first-order valence-corrected chi connectivity index (χ1v) is 6.46. The summed E-state index contributed by atoms with van der Waals surface area (Å²) in [6.45, 7) is 0.292. The van der Waals surface area contributed by atoms with Crippen molar-refractivity contribution in [2.24, 2.45) is 0 Å². The molecular weight excluding hydrogens is 281 g/mol. The van der Waals surface area contributed by atoms with Gasteiger partial charge in [-0.25, -0.2) is 4.98 Å². The van der Waals surface area contributed by atoms with Gasteiger partial charge < -0.3 is 10.5 Å². The van der Waals surface area contributed by atoms with Crippen LogP contribution in [0.5, 0.6) is 5.75 Å². The van der Waals surface area contributed by atoms with Crippen molar-refractivity contribution < 1.29 is 17.9 Å². The summed E-state index contributed by atoms with van der Waals surface area (Å²) in [5.41, 5.74) is 5.82. The van der Waals surface area contributed by atoms with E-state index >= 15 is 0 Å². The predicted octanol–water partition coefficient (Wildman–Crippen LogP) is 3.69. The van der Waals surface area contributed by atoms with Crippen LogP contribution in [0.1, 0.15) is 17.7 Å². The maximum Gasteiger partial charge on any atom is 0.433 e. The highest BCUT2D eigenvalue weighted by molar-refractivity contribution is 5.51. The lowest BCUT2D eigenvalue weighted by Crippen LogP contribution is -2.10. The molecule has 1 heterocycles. The summed E-state index contributed by atoms with van der Waals surface area (Å²) >= 11 is 0. The minimum absolute atomic E-state index is 0.0189. The summed E-state index contributed by atoms with van der Waals surface area (Å²) in [5.74, 6) is 0.0189. The molecule has 1 aromatic carbocycles. The SMILES string of the molecule is Nc1cnc(C(F)(F)F)cc1OCCCc1ccccc1. The van der Waals surface area contributed by atoms with Gasteiger partial charge in [0.05, 0.1) is 18.5 Å². The molecule has 0 saturated heterocycles. The minimum Gasteiger partial charge on any atom is -0.491 e. The van der Waals surface area contributed by atoms with Gasteiger partial charge >= 0.3 is 6.18 Å². The summed E-state index contributed by atoms with van der Waals surface area (Å²) < 4.78 is 43.0. The van der Waals surface area contributed by atoms with Gasteiger partial charge in [-0.3, -0.25) is 0 Å². The average molecular weight is 296 g/mol. The Balaban J connectivity index is 1.91. The number of anilines is 1. The van der Waals surface area contributed by atoms with Gasteiger partial charge in [0.15, 0.2) is 0 Å². The van der Waals surface area contributed by atoms with E-state index in [0.717, 1.165) is 24.2 Å². The third-order valence-corrected chi connectivity index (χ3v) is 2.90. The van der Waals surface area contributed by atoms with Crippen molar-refractivity contribution in [1.29, 1.82) is 0 Å². The molecule has 2 N–H and O–H groups in total. The normalized spacial score (nSPS) is 11.4. The van der Waals surface area contributed by atoms with E-state index in [4.69, 9.17) is 10.5 Å². The number of nitrogens with two attached hydrogens (primary N) is 1. The van der Waals surface area contributed by atoms with Crippen molar-refractivity contribution >= 4 is 5.69 Å². The number of hydrogen-bond donors (Lipinski definition) is 1. The molecule has 0 aliphatic carbocycles. The molecule has 0 bridgehead atoms. The molecule has 2 aromatic rings. The van der Waals surface area contributed by atoms with E-state index in [0.29, 0.717) is 13.0 Å². The van der Waals surface area contributed by atoms with Gasteiger partial charge in [0.25, 0.3) is 0 Å². The second kappa shape index (κ2) is 6.47. The van der Waals surface area contributed by atoms with Gasteiger partial charge in [0, 0.05) is 6.07 Å². The highest BCUT2D eigenvalue weighted by Gasteiger charge is 2.33.